The highest BCUT2D eigenvalue weighted by atomic mass is 19.1. The number of hydrogen-bond acceptors (Lipinski definition) is 11. The molecule has 310 valence electrons. The van der Waals surface area contributed by atoms with Crippen LogP contribution in [0.2, 0.25) is 0 Å². The molecule has 3 unspecified atom stereocenters. The van der Waals surface area contributed by atoms with Crippen molar-refractivity contribution < 1.29 is 27.5 Å². The maximum atomic E-state index is 15.4. The maximum absolute atomic E-state index is 15.4. The third-order valence-electron chi connectivity index (χ3n) is 12.5. The van der Waals surface area contributed by atoms with Crippen molar-refractivity contribution in [1.29, 1.82) is 0 Å². The number of nitrogens with one attached hydrogen (secondary N) is 2. The molecule has 19 heteroatoms. The summed E-state index contributed by atoms with van der Waals surface area (Å²) >= 11 is 0. The van der Waals surface area contributed by atoms with Crippen LogP contribution < -0.4 is 20.4 Å². The van der Waals surface area contributed by atoms with Crippen LogP contribution in [0, 0.1) is 24.4 Å². The van der Waals surface area contributed by atoms with E-state index < -0.39 is 35.1 Å². The van der Waals surface area contributed by atoms with Gasteiger partial charge in [-0.1, -0.05) is 6.07 Å². The molecule has 8 heterocycles. The topological polar surface area (TPSA) is 154 Å². The predicted octanol–water partition coefficient (Wildman–Crippen LogP) is 4.10. The number of benzene rings is 2. The van der Waals surface area contributed by atoms with Gasteiger partial charge in [0.15, 0.2) is 11.5 Å². The molecule has 0 spiro atoms. The number of urea groups is 1. The molecular formula is C41H42F3N13O3. The molecule has 10 rings (SSSR count). The first kappa shape index (κ1) is 37.7. The van der Waals surface area contributed by atoms with Gasteiger partial charge in [-0.2, -0.15) is 15.1 Å². The summed E-state index contributed by atoms with van der Waals surface area (Å²) in [6.45, 7) is 5.60. The number of aromatic nitrogens is 7. The molecule has 0 saturated carbocycles. The van der Waals surface area contributed by atoms with Gasteiger partial charge in [0, 0.05) is 71.1 Å². The largest absolute Gasteiger partial charge is 0.378 e. The second-order valence-corrected chi connectivity index (χ2v) is 16.2. The van der Waals surface area contributed by atoms with Crippen molar-refractivity contribution in [2.24, 2.45) is 0 Å². The second-order valence-electron chi connectivity index (χ2n) is 16.2. The number of imidazole rings is 1. The van der Waals surface area contributed by atoms with E-state index in [-0.39, 0.29) is 41.9 Å². The van der Waals surface area contributed by atoms with E-state index >= 15 is 8.78 Å². The molecule has 4 bridgehead atoms. The normalized spacial score (nSPS) is 23.8. The lowest BCUT2D eigenvalue weighted by atomic mass is 10.1. The van der Waals surface area contributed by atoms with E-state index in [0.717, 1.165) is 12.1 Å². The Morgan fingerprint density at radius 1 is 1.00 bits per heavy atom. The van der Waals surface area contributed by atoms with Crippen LogP contribution in [0.5, 0.6) is 0 Å². The van der Waals surface area contributed by atoms with E-state index in [4.69, 9.17) is 19.7 Å². The smallest absolute Gasteiger partial charge is 0.317 e. The molecule has 60 heavy (non-hydrogen) atoms. The first-order valence-electron chi connectivity index (χ1n) is 19.8. The van der Waals surface area contributed by atoms with Crippen molar-refractivity contribution in [2.75, 3.05) is 62.5 Å². The molecular weight excluding hydrogens is 780 g/mol. The second kappa shape index (κ2) is 13.8. The lowest BCUT2D eigenvalue weighted by molar-refractivity contribution is -0.132. The number of anilines is 3. The van der Waals surface area contributed by atoms with Gasteiger partial charge in [-0.25, -0.2) is 32.6 Å². The van der Waals surface area contributed by atoms with E-state index in [9.17, 15) is 14.0 Å². The average Bonchev–Trinajstić information content (AvgIpc) is 3.77. The predicted molar refractivity (Wildman–Crippen MR) is 217 cm³/mol. The van der Waals surface area contributed by atoms with Crippen LogP contribution in [0.3, 0.4) is 0 Å². The van der Waals surface area contributed by atoms with Gasteiger partial charge in [0.05, 0.1) is 52.5 Å². The number of rotatable bonds is 4. The number of likely N-dealkylation sites (tertiary alicyclic amines) is 1. The molecule has 0 radical (unpaired) electrons. The van der Waals surface area contributed by atoms with Crippen molar-refractivity contribution in [3.05, 3.63) is 78.0 Å². The average molecular weight is 822 g/mol. The Morgan fingerprint density at radius 2 is 1.83 bits per heavy atom. The fourth-order valence-electron chi connectivity index (χ4n) is 9.45. The zero-order valence-corrected chi connectivity index (χ0v) is 33.5. The van der Waals surface area contributed by atoms with Crippen LogP contribution in [0.15, 0.2) is 54.7 Å². The zero-order chi connectivity index (χ0) is 41.8. The number of carbonyl (C=O) groups is 2. The van der Waals surface area contributed by atoms with Gasteiger partial charge in [0.25, 0.3) is 0 Å². The number of methoxy groups -OCH3 is 1. The molecule has 5 atom stereocenters. The molecule has 4 aromatic heterocycles. The minimum Gasteiger partial charge on any atom is -0.378 e. The number of carbonyl (C=O) groups excluding carboxylic acids is 2. The summed E-state index contributed by atoms with van der Waals surface area (Å²) in [5, 5.41) is 11.2. The molecule has 3 amide bonds. The molecule has 2 N–H and O–H groups in total. The molecule has 0 aliphatic carbocycles. The summed E-state index contributed by atoms with van der Waals surface area (Å²) in [7, 11) is 4.92. The fraction of sp³-hybridized carbons (Fsp3) is 0.390. The van der Waals surface area contributed by atoms with Gasteiger partial charge in [-0.15, -0.1) is 0 Å². The molecule has 3 saturated heterocycles. The quantitative estimate of drug-likeness (QED) is 0.247. The molecule has 4 aliphatic heterocycles. The Kier molecular flexibility index (Phi) is 8.67. The van der Waals surface area contributed by atoms with E-state index in [1.807, 2.05) is 46.4 Å². The van der Waals surface area contributed by atoms with Gasteiger partial charge in [-0.05, 0) is 50.6 Å². The van der Waals surface area contributed by atoms with Gasteiger partial charge in [0.2, 0.25) is 11.9 Å². The molecule has 3 fully saturated rings. The summed E-state index contributed by atoms with van der Waals surface area (Å²) < 4.78 is 54.0. The molecule has 4 aliphatic rings. The molecule has 2 aromatic carbocycles. The first-order chi connectivity index (χ1) is 28.8. The maximum Gasteiger partial charge on any atom is 0.317 e. The highest BCUT2D eigenvalue weighted by molar-refractivity contribution is 5.95. The number of nitrogens with zero attached hydrogens (tertiary/aromatic N) is 11. The van der Waals surface area contributed by atoms with Gasteiger partial charge in [0.1, 0.15) is 40.8 Å². The summed E-state index contributed by atoms with van der Waals surface area (Å²) in [4.78, 5) is 54.5. The van der Waals surface area contributed by atoms with Crippen LogP contribution in [0.25, 0.3) is 39.0 Å². The standard InChI is InChI=1S/C41H42F3N13O3/c1-21-47-30-13-23(43)11-26-29-7-6-8-34(49-29)48-24-14-32(38(58)52(4)17-25(60-5)18-54(21)35(26)30)55(16-24)36-27-15-46-57(31-10-9-22(42)12-28(31)44)37(27)51-39(50-36)56-33-19-53(40(59)45-3)20-41(33,56)2/h6-13,15,24-25,32-33H,14,16-20H2,1-5H3,(H,45,59)(H,48,49)/t24-,25?,32-,33?,41?,56?/m0/s1. The fourth-order valence-corrected chi connectivity index (χ4v) is 9.45. The number of amides is 3. The third-order valence-corrected chi connectivity index (χ3v) is 12.5. The van der Waals surface area contributed by atoms with Crippen LogP contribution in [-0.4, -0.2) is 133 Å². The van der Waals surface area contributed by atoms with Crippen molar-refractivity contribution in [3.63, 3.8) is 0 Å². The number of hydrogen-bond donors (Lipinski definition) is 2. The van der Waals surface area contributed by atoms with Crippen molar-refractivity contribution >= 4 is 51.6 Å². The van der Waals surface area contributed by atoms with Gasteiger partial charge in [-0.3, -0.25) is 4.79 Å². The van der Waals surface area contributed by atoms with Gasteiger partial charge >= 0.3 is 6.03 Å². The van der Waals surface area contributed by atoms with E-state index in [1.165, 1.54) is 29.1 Å². The number of ether oxygens (including phenoxy) is 1. The van der Waals surface area contributed by atoms with Crippen LogP contribution >= 0.6 is 0 Å². The third kappa shape index (κ3) is 5.96. The Labute approximate surface area is 341 Å². The lowest BCUT2D eigenvalue weighted by Gasteiger charge is -2.31. The van der Waals surface area contributed by atoms with Crippen LogP contribution in [0.1, 0.15) is 19.2 Å². The number of likely N-dealkylation sites (N-methyl/N-ethyl adjacent to an activating group) is 1. The monoisotopic (exact) mass is 821 g/mol. The SMILES string of the molecule is CNC(=O)N1CC2N(c3nc(N4C[C@@H]5C[C@H]4C(=O)N(C)CC(OC)Cn4c(C)nc6cc(F)cc(c64)-c4cccc(n4)N5)c4cnn(-c5ccc(F)cc5F)c4n3)C2(C)C1. The number of fused-ring (bicyclic) bond motifs is 7. The highest BCUT2D eigenvalue weighted by Crippen LogP contribution is 2.50. The van der Waals surface area contributed by atoms with Crippen LogP contribution in [-0.2, 0) is 16.1 Å². The van der Waals surface area contributed by atoms with Crippen LogP contribution in [0.4, 0.5) is 35.5 Å². The molecule has 6 aromatic rings. The number of aryl methyl sites for hydroxylation is 1. The minimum atomic E-state index is -0.828. The number of pyridine rings is 1. The Hall–Kier alpha value is -6.50. The summed E-state index contributed by atoms with van der Waals surface area (Å²) in [6.07, 6.45) is 1.41. The van der Waals surface area contributed by atoms with Gasteiger partial charge < -0.3 is 39.5 Å². The number of piperazine rings is 1. The summed E-state index contributed by atoms with van der Waals surface area (Å²) in [5.74, 6) is -0.264. The first-order valence-corrected chi connectivity index (χ1v) is 19.8. The number of halogens is 3. The van der Waals surface area contributed by atoms with Crippen molar-refractivity contribution in [1.82, 2.24) is 49.4 Å². The lowest BCUT2D eigenvalue weighted by Crippen LogP contribution is -2.47. The van der Waals surface area contributed by atoms with E-state index in [2.05, 4.69) is 20.7 Å². The van der Waals surface area contributed by atoms with Crippen molar-refractivity contribution in [2.45, 2.75) is 56.6 Å². The van der Waals surface area contributed by atoms with E-state index in [0.29, 0.717) is 83.7 Å². The minimum absolute atomic E-state index is 0.0109. The highest BCUT2D eigenvalue weighted by Gasteiger charge is 2.66. The Balaban J connectivity index is 1.09. The zero-order valence-electron chi connectivity index (χ0n) is 33.5. The molecule has 16 nitrogen and oxygen atoms in total. The van der Waals surface area contributed by atoms with Crippen molar-refractivity contribution in [3.8, 4) is 16.9 Å². The summed E-state index contributed by atoms with van der Waals surface area (Å²) in [6, 6.07) is 10.3. The summed E-state index contributed by atoms with van der Waals surface area (Å²) in [5.41, 5.74) is 2.10. The van der Waals surface area contributed by atoms with E-state index in [1.54, 1.807) is 31.0 Å². The Bertz CT molecular complexity index is 2740. The Morgan fingerprint density at radius 3 is 2.58 bits per heavy atom.